The second-order valence-corrected chi connectivity index (χ2v) is 15.9. The van der Waals surface area contributed by atoms with E-state index in [4.69, 9.17) is 15.0 Å². The Morgan fingerprint density at radius 1 is 0.230 bits per heavy atom. The molecule has 0 aliphatic heterocycles. The van der Waals surface area contributed by atoms with Crippen molar-refractivity contribution in [3.8, 4) is 89.8 Å². The first kappa shape index (κ1) is 35.0. The highest BCUT2D eigenvalue weighted by Crippen LogP contribution is 2.63. The summed E-state index contributed by atoms with van der Waals surface area (Å²) in [5.74, 6) is 1.91. The summed E-state index contributed by atoms with van der Waals surface area (Å²) in [5.41, 5.74) is 20.0. The molecule has 3 nitrogen and oxygen atoms in total. The lowest BCUT2D eigenvalue weighted by Gasteiger charge is -2.30. The summed E-state index contributed by atoms with van der Waals surface area (Å²) < 4.78 is 0. The Morgan fingerprint density at radius 3 is 1.21 bits per heavy atom. The van der Waals surface area contributed by atoms with Crippen molar-refractivity contribution in [2.75, 3.05) is 0 Å². The molecule has 0 saturated carbocycles. The number of fused-ring (bicyclic) bond motifs is 10. The predicted molar refractivity (Wildman–Crippen MR) is 249 cm³/mol. The molecule has 0 amide bonds. The fourth-order valence-corrected chi connectivity index (χ4v) is 9.88. The van der Waals surface area contributed by atoms with E-state index in [1.165, 1.54) is 61.2 Å². The summed E-state index contributed by atoms with van der Waals surface area (Å²) in [5, 5.41) is 0. The lowest BCUT2D eigenvalue weighted by atomic mass is 9.70. The van der Waals surface area contributed by atoms with Gasteiger partial charge in [0.25, 0.3) is 0 Å². The minimum atomic E-state index is -0.382. The van der Waals surface area contributed by atoms with E-state index < -0.39 is 0 Å². The summed E-state index contributed by atoms with van der Waals surface area (Å²) in [7, 11) is 0. The fourth-order valence-electron chi connectivity index (χ4n) is 9.88. The smallest absolute Gasteiger partial charge is 0.164 e. The van der Waals surface area contributed by atoms with Crippen molar-refractivity contribution in [1.29, 1.82) is 0 Å². The molecule has 9 aromatic carbocycles. The molecule has 1 aromatic heterocycles. The van der Waals surface area contributed by atoms with Crippen molar-refractivity contribution >= 4 is 0 Å². The van der Waals surface area contributed by atoms with Gasteiger partial charge in [0.05, 0.1) is 5.41 Å². The van der Waals surface area contributed by atoms with Gasteiger partial charge in [0.2, 0.25) is 0 Å². The lowest BCUT2D eigenvalue weighted by molar-refractivity contribution is 0.794. The second kappa shape index (κ2) is 14.1. The standard InChI is InChI=1S/C58H37N3/c1-3-16-38(17-4-1)39-32-34-41(35-33-39)56-59-55(40-18-5-2-6-19-40)60-57(61-56)45-23-14-21-43(37-45)42-20-13-22-44(36-42)46-27-15-31-53-54(46)49-26-9-12-30-52(49)58(53)50-28-10-7-24-47(50)48-25-8-11-29-51(48)58/h1-37H. The number of hydrogen-bond donors (Lipinski definition) is 0. The van der Waals surface area contributed by atoms with Gasteiger partial charge in [-0.05, 0) is 90.0 Å². The third-order valence-corrected chi connectivity index (χ3v) is 12.6. The predicted octanol–water partition coefficient (Wildman–Crippen LogP) is 14.2. The first-order valence-electron chi connectivity index (χ1n) is 20.9. The van der Waals surface area contributed by atoms with Crippen molar-refractivity contribution < 1.29 is 0 Å². The van der Waals surface area contributed by atoms with E-state index in [2.05, 4.69) is 188 Å². The SMILES string of the molecule is c1ccc(-c2ccc(-c3nc(-c4ccccc4)nc(-c4cccc(-c5cccc(-c6cccc7c6-c6ccccc6C76c7ccccc7-c7ccccc76)c5)c4)n3)cc2)cc1. The Hall–Kier alpha value is -8.01. The molecule has 0 fully saturated rings. The van der Waals surface area contributed by atoms with Crippen molar-refractivity contribution in [2.24, 2.45) is 0 Å². The van der Waals surface area contributed by atoms with Gasteiger partial charge >= 0.3 is 0 Å². The average molecular weight is 776 g/mol. The van der Waals surface area contributed by atoms with Gasteiger partial charge in [0, 0.05) is 16.7 Å². The van der Waals surface area contributed by atoms with E-state index in [1.807, 2.05) is 36.4 Å². The Kier molecular flexibility index (Phi) is 8.07. The zero-order valence-corrected chi connectivity index (χ0v) is 33.2. The van der Waals surface area contributed by atoms with Crippen molar-refractivity contribution in [3.63, 3.8) is 0 Å². The summed E-state index contributed by atoms with van der Waals surface area (Å²) in [6.45, 7) is 0. The Bertz CT molecular complexity index is 3250. The van der Waals surface area contributed by atoms with Crippen LogP contribution in [0.15, 0.2) is 224 Å². The molecule has 0 bridgehead atoms. The van der Waals surface area contributed by atoms with Crippen LogP contribution in [0, 0.1) is 0 Å². The normalized spacial score (nSPS) is 12.7. The summed E-state index contributed by atoms with van der Waals surface area (Å²) in [6, 6.07) is 80.5. The third kappa shape index (κ3) is 5.55. The van der Waals surface area contributed by atoms with E-state index in [1.54, 1.807) is 0 Å². The minimum absolute atomic E-state index is 0.382. The number of hydrogen-bond acceptors (Lipinski definition) is 3. The van der Waals surface area contributed by atoms with Gasteiger partial charge in [-0.15, -0.1) is 0 Å². The highest BCUT2D eigenvalue weighted by molar-refractivity contribution is 6.00. The van der Waals surface area contributed by atoms with Crippen molar-refractivity contribution in [1.82, 2.24) is 15.0 Å². The van der Waals surface area contributed by atoms with Gasteiger partial charge in [-0.25, -0.2) is 15.0 Å². The van der Waals surface area contributed by atoms with E-state index in [0.717, 1.165) is 33.4 Å². The van der Waals surface area contributed by atoms with Crippen LogP contribution in [0.4, 0.5) is 0 Å². The Morgan fingerprint density at radius 2 is 0.590 bits per heavy atom. The third-order valence-electron chi connectivity index (χ3n) is 12.6. The molecular formula is C58H37N3. The molecule has 0 N–H and O–H groups in total. The van der Waals surface area contributed by atoms with Gasteiger partial charge in [0.15, 0.2) is 17.5 Å². The van der Waals surface area contributed by atoms with Crippen LogP contribution >= 0.6 is 0 Å². The summed E-state index contributed by atoms with van der Waals surface area (Å²) >= 11 is 0. The Balaban J connectivity index is 0.962. The fraction of sp³-hybridized carbons (Fsp3) is 0.0172. The maximum atomic E-state index is 5.11. The van der Waals surface area contributed by atoms with Crippen LogP contribution in [0.5, 0.6) is 0 Å². The van der Waals surface area contributed by atoms with Crippen LogP contribution in [-0.2, 0) is 5.41 Å². The highest BCUT2D eigenvalue weighted by Gasteiger charge is 2.51. The van der Waals surface area contributed by atoms with Gasteiger partial charge in [0.1, 0.15) is 0 Å². The van der Waals surface area contributed by atoms with Crippen LogP contribution in [0.2, 0.25) is 0 Å². The first-order chi connectivity index (χ1) is 30.2. The van der Waals surface area contributed by atoms with E-state index >= 15 is 0 Å². The van der Waals surface area contributed by atoms with Crippen molar-refractivity contribution in [2.45, 2.75) is 5.41 Å². The van der Waals surface area contributed by atoms with Crippen molar-refractivity contribution in [3.05, 3.63) is 247 Å². The number of nitrogens with zero attached hydrogens (tertiary/aromatic N) is 3. The molecule has 1 heterocycles. The van der Waals surface area contributed by atoms with Crippen LogP contribution < -0.4 is 0 Å². The molecule has 2 aliphatic rings. The van der Waals surface area contributed by atoms with Gasteiger partial charge in [-0.2, -0.15) is 0 Å². The zero-order chi connectivity index (χ0) is 40.3. The molecule has 284 valence electrons. The second-order valence-electron chi connectivity index (χ2n) is 15.9. The molecular weight excluding hydrogens is 739 g/mol. The number of rotatable bonds is 6. The molecule has 12 rings (SSSR count). The topological polar surface area (TPSA) is 38.7 Å². The zero-order valence-electron chi connectivity index (χ0n) is 33.2. The van der Waals surface area contributed by atoms with Crippen LogP contribution in [-0.4, -0.2) is 15.0 Å². The molecule has 1 spiro atoms. The number of aromatic nitrogens is 3. The summed E-state index contributed by atoms with van der Waals surface area (Å²) in [4.78, 5) is 15.2. The van der Waals surface area contributed by atoms with E-state index in [-0.39, 0.29) is 5.41 Å². The first-order valence-corrected chi connectivity index (χ1v) is 20.9. The number of benzene rings is 9. The molecule has 2 aliphatic carbocycles. The van der Waals surface area contributed by atoms with Crippen LogP contribution in [0.25, 0.3) is 89.8 Å². The minimum Gasteiger partial charge on any atom is -0.208 e. The quantitative estimate of drug-likeness (QED) is 0.169. The average Bonchev–Trinajstić information content (AvgIpc) is 3.82. The largest absolute Gasteiger partial charge is 0.208 e. The Labute approximate surface area is 355 Å². The van der Waals surface area contributed by atoms with Gasteiger partial charge in [-0.3, -0.25) is 0 Å². The van der Waals surface area contributed by atoms with Gasteiger partial charge in [-0.1, -0.05) is 212 Å². The maximum Gasteiger partial charge on any atom is 0.164 e. The van der Waals surface area contributed by atoms with E-state index in [0.29, 0.717) is 17.5 Å². The molecule has 0 saturated heterocycles. The highest BCUT2D eigenvalue weighted by atomic mass is 15.0. The maximum absolute atomic E-state index is 5.11. The van der Waals surface area contributed by atoms with Crippen LogP contribution in [0.1, 0.15) is 22.3 Å². The summed E-state index contributed by atoms with van der Waals surface area (Å²) in [6.07, 6.45) is 0. The molecule has 0 atom stereocenters. The lowest BCUT2D eigenvalue weighted by Crippen LogP contribution is -2.25. The van der Waals surface area contributed by atoms with Gasteiger partial charge < -0.3 is 0 Å². The monoisotopic (exact) mass is 775 g/mol. The molecule has 0 unspecified atom stereocenters. The molecule has 10 aromatic rings. The molecule has 0 radical (unpaired) electrons. The van der Waals surface area contributed by atoms with Crippen LogP contribution in [0.3, 0.4) is 0 Å². The molecule has 3 heteroatoms. The molecule has 61 heavy (non-hydrogen) atoms. The van der Waals surface area contributed by atoms with E-state index in [9.17, 15) is 0 Å².